The lowest BCUT2D eigenvalue weighted by Gasteiger charge is -2.03. The summed E-state index contributed by atoms with van der Waals surface area (Å²) < 4.78 is 26.8. The van der Waals surface area contributed by atoms with Crippen LogP contribution >= 0.6 is 0 Å². The van der Waals surface area contributed by atoms with Crippen LogP contribution in [0.3, 0.4) is 0 Å². The second-order valence-electron chi connectivity index (χ2n) is 4.15. The first-order valence-corrected chi connectivity index (χ1v) is 7.11. The van der Waals surface area contributed by atoms with E-state index >= 15 is 0 Å². The fourth-order valence-electron chi connectivity index (χ4n) is 1.81. The van der Waals surface area contributed by atoms with Gasteiger partial charge in [0, 0.05) is 18.2 Å². The predicted octanol–water partition coefficient (Wildman–Crippen LogP) is 1.01. The van der Waals surface area contributed by atoms with E-state index in [0.717, 1.165) is 5.56 Å². The first kappa shape index (κ1) is 13.6. The molecule has 7 heteroatoms. The van der Waals surface area contributed by atoms with Gasteiger partial charge in [0.05, 0.1) is 10.6 Å². The number of nitrogens with one attached hydrogen (secondary N) is 1. The second kappa shape index (κ2) is 4.67. The molecule has 6 nitrogen and oxygen atoms in total. The Kier molecular flexibility index (Phi) is 3.34. The van der Waals surface area contributed by atoms with Crippen molar-refractivity contribution in [2.24, 2.45) is 7.05 Å². The summed E-state index contributed by atoms with van der Waals surface area (Å²) >= 11 is 0. The monoisotopic (exact) mass is 281 g/mol. The van der Waals surface area contributed by atoms with E-state index in [1.165, 1.54) is 23.9 Å². The van der Waals surface area contributed by atoms with E-state index in [0.29, 0.717) is 11.3 Å². The summed E-state index contributed by atoms with van der Waals surface area (Å²) in [6, 6.07) is 6.34. The highest BCUT2D eigenvalue weighted by molar-refractivity contribution is 7.89. The van der Waals surface area contributed by atoms with Crippen LogP contribution in [0.2, 0.25) is 0 Å². The molecule has 1 aromatic carbocycles. The van der Waals surface area contributed by atoms with Crippen LogP contribution in [0.25, 0.3) is 11.3 Å². The summed E-state index contributed by atoms with van der Waals surface area (Å²) in [5, 5.41) is 13.9. The van der Waals surface area contributed by atoms with Crippen LogP contribution in [0.4, 0.5) is 0 Å². The Labute approximate surface area is 111 Å². The minimum Gasteiger partial charge on any atom is -0.493 e. The van der Waals surface area contributed by atoms with Crippen LogP contribution in [-0.4, -0.2) is 30.4 Å². The quantitative estimate of drug-likeness (QED) is 0.879. The Morgan fingerprint density at radius 2 is 1.84 bits per heavy atom. The van der Waals surface area contributed by atoms with Crippen molar-refractivity contribution in [2.45, 2.75) is 11.8 Å². The number of benzene rings is 1. The predicted molar refractivity (Wildman–Crippen MR) is 71.3 cm³/mol. The summed E-state index contributed by atoms with van der Waals surface area (Å²) in [6.45, 7) is 1.76. The highest BCUT2D eigenvalue weighted by Gasteiger charge is 2.15. The molecular formula is C12H15N3O3S. The minimum absolute atomic E-state index is 0.0990. The molecular weight excluding hydrogens is 266 g/mol. The number of sulfonamides is 1. The number of aryl methyl sites for hydroxylation is 1. The third-order valence-corrected chi connectivity index (χ3v) is 4.38. The maximum atomic E-state index is 11.6. The zero-order valence-corrected chi connectivity index (χ0v) is 11.7. The fourth-order valence-corrected chi connectivity index (χ4v) is 2.54. The molecule has 0 fully saturated rings. The van der Waals surface area contributed by atoms with Crippen LogP contribution in [0.15, 0.2) is 29.2 Å². The molecule has 0 unspecified atom stereocenters. The van der Waals surface area contributed by atoms with E-state index in [9.17, 15) is 13.5 Å². The van der Waals surface area contributed by atoms with Crippen molar-refractivity contribution in [3.05, 3.63) is 29.8 Å². The summed E-state index contributed by atoms with van der Waals surface area (Å²) in [7, 11) is -0.425. The van der Waals surface area contributed by atoms with Gasteiger partial charge in [-0.25, -0.2) is 17.8 Å². The van der Waals surface area contributed by atoms with Gasteiger partial charge in [0.25, 0.3) is 0 Å². The summed E-state index contributed by atoms with van der Waals surface area (Å²) in [5.41, 5.74) is 2.04. The molecule has 1 aromatic heterocycles. The average Bonchev–Trinajstić information content (AvgIpc) is 2.67. The highest BCUT2D eigenvalue weighted by Crippen LogP contribution is 2.28. The van der Waals surface area contributed by atoms with Crippen molar-refractivity contribution in [1.82, 2.24) is 14.5 Å². The van der Waals surface area contributed by atoms with Crippen molar-refractivity contribution in [2.75, 3.05) is 7.05 Å². The van der Waals surface area contributed by atoms with E-state index in [4.69, 9.17) is 0 Å². The number of nitrogens with zero attached hydrogens (tertiary/aromatic N) is 2. The molecule has 0 radical (unpaired) electrons. The normalized spacial score (nSPS) is 11.7. The van der Waals surface area contributed by atoms with Gasteiger partial charge in [-0.05, 0) is 26.1 Å². The van der Waals surface area contributed by atoms with E-state index in [1.54, 1.807) is 26.1 Å². The standard InChI is InChI=1S/C12H15N3O3S/c1-8-11(14-15(3)12(8)16)9-4-6-10(7-5-9)19(17,18)13-2/h4-7,13,16H,1-3H3. The zero-order chi connectivity index (χ0) is 14.2. The molecule has 102 valence electrons. The third kappa shape index (κ3) is 2.34. The molecule has 2 aromatic rings. The fraction of sp³-hybridized carbons (Fsp3) is 0.250. The molecule has 19 heavy (non-hydrogen) atoms. The summed E-state index contributed by atoms with van der Waals surface area (Å²) in [4.78, 5) is 0.191. The number of aromatic nitrogens is 2. The average molecular weight is 281 g/mol. The van der Waals surface area contributed by atoms with Crippen molar-refractivity contribution < 1.29 is 13.5 Å². The van der Waals surface area contributed by atoms with Crippen molar-refractivity contribution in [1.29, 1.82) is 0 Å². The molecule has 2 N–H and O–H groups in total. The van der Waals surface area contributed by atoms with Gasteiger partial charge in [-0.3, -0.25) is 0 Å². The maximum Gasteiger partial charge on any atom is 0.240 e. The lowest BCUT2D eigenvalue weighted by Crippen LogP contribution is -2.18. The van der Waals surface area contributed by atoms with E-state index in [-0.39, 0.29) is 10.8 Å². The van der Waals surface area contributed by atoms with Crippen LogP contribution in [0.1, 0.15) is 5.56 Å². The van der Waals surface area contributed by atoms with Gasteiger partial charge in [-0.1, -0.05) is 12.1 Å². The Bertz CT molecular complexity index is 703. The van der Waals surface area contributed by atoms with Gasteiger partial charge in [0.1, 0.15) is 0 Å². The minimum atomic E-state index is -3.44. The Morgan fingerprint density at radius 1 is 1.26 bits per heavy atom. The number of rotatable bonds is 3. The topological polar surface area (TPSA) is 84.2 Å². The first-order chi connectivity index (χ1) is 8.86. The zero-order valence-electron chi connectivity index (χ0n) is 10.9. The van der Waals surface area contributed by atoms with Crippen molar-refractivity contribution in [3.63, 3.8) is 0 Å². The number of aromatic hydroxyl groups is 1. The van der Waals surface area contributed by atoms with Gasteiger partial charge in [0.15, 0.2) is 0 Å². The molecule has 0 bridgehead atoms. The molecule has 0 aliphatic rings. The molecule has 0 saturated carbocycles. The maximum absolute atomic E-state index is 11.6. The third-order valence-electron chi connectivity index (χ3n) is 2.95. The van der Waals surface area contributed by atoms with Crippen molar-refractivity contribution >= 4 is 10.0 Å². The first-order valence-electron chi connectivity index (χ1n) is 5.63. The summed E-state index contributed by atoms with van der Waals surface area (Å²) in [6.07, 6.45) is 0. The van der Waals surface area contributed by atoms with Gasteiger partial charge in [-0.15, -0.1) is 0 Å². The van der Waals surface area contributed by atoms with Crippen LogP contribution in [0, 0.1) is 6.92 Å². The smallest absolute Gasteiger partial charge is 0.240 e. The van der Waals surface area contributed by atoms with E-state index < -0.39 is 10.0 Å². The second-order valence-corrected chi connectivity index (χ2v) is 6.04. The van der Waals surface area contributed by atoms with E-state index in [1.807, 2.05) is 0 Å². The molecule has 1 heterocycles. The van der Waals surface area contributed by atoms with Crippen LogP contribution < -0.4 is 4.72 Å². The van der Waals surface area contributed by atoms with Gasteiger partial charge >= 0.3 is 0 Å². The lowest BCUT2D eigenvalue weighted by atomic mass is 10.1. The summed E-state index contributed by atoms with van der Waals surface area (Å²) in [5.74, 6) is 0.0990. The van der Waals surface area contributed by atoms with Gasteiger partial charge in [0.2, 0.25) is 15.9 Å². The van der Waals surface area contributed by atoms with Gasteiger partial charge < -0.3 is 5.11 Å². The van der Waals surface area contributed by atoms with Gasteiger partial charge in [-0.2, -0.15) is 5.10 Å². The Morgan fingerprint density at radius 3 is 2.26 bits per heavy atom. The molecule has 0 atom stereocenters. The molecule has 0 spiro atoms. The molecule has 0 aliphatic carbocycles. The highest BCUT2D eigenvalue weighted by atomic mass is 32.2. The Hall–Kier alpha value is -1.86. The molecule has 0 saturated heterocycles. The Balaban J connectivity index is 2.46. The molecule has 0 aliphatic heterocycles. The number of hydrogen-bond acceptors (Lipinski definition) is 4. The molecule has 0 amide bonds. The largest absolute Gasteiger partial charge is 0.493 e. The van der Waals surface area contributed by atoms with E-state index in [2.05, 4.69) is 9.82 Å². The lowest BCUT2D eigenvalue weighted by molar-refractivity contribution is 0.416. The number of hydrogen-bond donors (Lipinski definition) is 2. The van der Waals surface area contributed by atoms with Crippen LogP contribution in [0.5, 0.6) is 5.88 Å². The SMILES string of the molecule is CNS(=O)(=O)c1ccc(-c2nn(C)c(O)c2C)cc1. The van der Waals surface area contributed by atoms with Crippen molar-refractivity contribution in [3.8, 4) is 17.1 Å². The van der Waals surface area contributed by atoms with Crippen LogP contribution in [-0.2, 0) is 17.1 Å². The molecule has 2 rings (SSSR count).